The lowest BCUT2D eigenvalue weighted by Crippen LogP contribution is -2.37. The third kappa shape index (κ3) is 2.59. The van der Waals surface area contributed by atoms with Gasteiger partial charge >= 0.3 is 5.69 Å². The van der Waals surface area contributed by atoms with Crippen molar-refractivity contribution in [2.45, 2.75) is 13.2 Å². The molecule has 1 aliphatic rings. The molecule has 0 amide bonds. The maximum atomic E-state index is 12.6. The molecule has 0 saturated heterocycles. The summed E-state index contributed by atoms with van der Waals surface area (Å²) in [6, 6.07) is 2.81. The van der Waals surface area contributed by atoms with Gasteiger partial charge in [-0.3, -0.25) is 24.0 Å². The predicted octanol–water partition coefficient (Wildman–Crippen LogP) is 0.257. The summed E-state index contributed by atoms with van der Waals surface area (Å²) in [4.78, 5) is 39.5. The van der Waals surface area contributed by atoms with Gasteiger partial charge in [0.1, 0.15) is 5.75 Å². The van der Waals surface area contributed by atoms with E-state index in [1.807, 2.05) is 0 Å². The number of imidazole rings is 1. The molecule has 2 aromatic heterocycles. The first-order valence-electron chi connectivity index (χ1n) is 8.00. The highest BCUT2D eigenvalue weighted by Crippen LogP contribution is 2.33. The van der Waals surface area contributed by atoms with Crippen molar-refractivity contribution in [3.05, 3.63) is 60.5 Å². The summed E-state index contributed by atoms with van der Waals surface area (Å²) in [7, 11) is 2.91. The minimum Gasteiger partial charge on any atom is -0.467 e. The SMILES string of the molecule is Cn1c(=O)c2c(ncn2Cc2cc([N+](=O)[O-])cc3c2OCOC3)n(C)c1=O. The van der Waals surface area contributed by atoms with Gasteiger partial charge in [0.15, 0.2) is 18.0 Å². The lowest BCUT2D eigenvalue weighted by molar-refractivity contribution is -0.385. The number of hydrogen-bond acceptors (Lipinski definition) is 7. The number of hydrogen-bond donors (Lipinski definition) is 0. The van der Waals surface area contributed by atoms with Gasteiger partial charge in [-0.15, -0.1) is 0 Å². The van der Waals surface area contributed by atoms with E-state index in [2.05, 4.69) is 4.98 Å². The Kier molecular flexibility index (Phi) is 3.81. The Balaban J connectivity index is 1.91. The Bertz CT molecular complexity index is 1200. The summed E-state index contributed by atoms with van der Waals surface area (Å²) in [5.41, 5.74) is 0.495. The van der Waals surface area contributed by atoms with Crippen molar-refractivity contribution in [3.8, 4) is 5.75 Å². The molecule has 0 atom stereocenters. The number of ether oxygens (including phenoxy) is 2. The normalized spacial score (nSPS) is 13.4. The average molecular weight is 373 g/mol. The Morgan fingerprint density at radius 3 is 2.78 bits per heavy atom. The molecule has 0 aliphatic carbocycles. The van der Waals surface area contributed by atoms with Crippen LogP contribution in [0, 0.1) is 10.1 Å². The fourth-order valence-corrected chi connectivity index (χ4v) is 3.20. The smallest absolute Gasteiger partial charge is 0.332 e. The molecule has 0 spiro atoms. The Hall–Kier alpha value is -3.47. The van der Waals surface area contributed by atoms with Gasteiger partial charge in [0, 0.05) is 37.4 Å². The predicted molar refractivity (Wildman–Crippen MR) is 92.7 cm³/mol. The largest absolute Gasteiger partial charge is 0.467 e. The van der Waals surface area contributed by atoms with Crippen molar-refractivity contribution in [3.63, 3.8) is 0 Å². The van der Waals surface area contributed by atoms with E-state index in [9.17, 15) is 19.7 Å². The van der Waals surface area contributed by atoms with E-state index in [-0.39, 0.29) is 36.8 Å². The highest BCUT2D eigenvalue weighted by atomic mass is 16.7. The molecule has 0 fully saturated rings. The molecule has 0 unspecified atom stereocenters. The molecule has 0 N–H and O–H groups in total. The molecule has 0 saturated carbocycles. The first-order valence-corrected chi connectivity index (χ1v) is 8.00. The summed E-state index contributed by atoms with van der Waals surface area (Å²) in [5, 5.41) is 11.2. The van der Waals surface area contributed by atoms with Gasteiger partial charge in [-0.25, -0.2) is 9.78 Å². The van der Waals surface area contributed by atoms with Crippen LogP contribution in [0.25, 0.3) is 11.2 Å². The van der Waals surface area contributed by atoms with Gasteiger partial charge in [0.25, 0.3) is 11.2 Å². The Morgan fingerprint density at radius 1 is 1.26 bits per heavy atom. The van der Waals surface area contributed by atoms with Gasteiger partial charge in [0.2, 0.25) is 0 Å². The van der Waals surface area contributed by atoms with Crippen LogP contribution in [-0.2, 0) is 32.0 Å². The zero-order valence-corrected chi connectivity index (χ0v) is 14.5. The number of rotatable bonds is 3. The second kappa shape index (κ2) is 6.06. The molecule has 0 radical (unpaired) electrons. The van der Waals surface area contributed by atoms with Crippen molar-refractivity contribution >= 4 is 16.9 Å². The van der Waals surface area contributed by atoms with Crippen LogP contribution in [-0.4, -0.2) is 30.4 Å². The van der Waals surface area contributed by atoms with E-state index in [0.29, 0.717) is 16.9 Å². The van der Waals surface area contributed by atoms with Gasteiger partial charge in [-0.05, 0) is 0 Å². The lowest BCUT2D eigenvalue weighted by atomic mass is 10.1. The number of non-ortho nitro benzene ring substituents is 1. The second-order valence-electron chi connectivity index (χ2n) is 6.21. The van der Waals surface area contributed by atoms with Crippen LogP contribution < -0.4 is 16.0 Å². The quantitative estimate of drug-likeness (QED) is 0.476. The molecule has 140 valence electrons. The van der Waals surface area contributed by atoms with Gasteiger partial charge in [0.05, 0.1) is 24.4 Å². The molecule has 1 aromatic carbocycles. The Labute approximate surface area is 151 Å². The number of nitro benzene ring substituents is 1. The highest BCUT2D eigenvalue weighted by molar-refractivity contribution is 5.70. The number of aryl methyl sites for hydroxylation is 1. The maximum Gasteiger partial charge on any atom is 0.332 e. The summed E-state index contributed by atoms with van der Waals surface area (Å²) >= 11 is 0. The molecule has 3 heterocycles. The van der Waals surface area contributed by atoms with E-state index in [1.165, 1.54) is 37.1 Å². The number of aromatic nitrogens is 4. The molecule has 0 bridgehead atoms. The molecular formula is C16H15N5O6. The average Bonchev–Trinajstić information content (AvgIpc) is 3.08. The summed E-state index contributed by atoms with van der Waals surface area (Å²) in [5.74, 6) is 0.496. The minimum atomic E-state index is -0.493. The fourth-order valence-electron chi connectivity index (χ4n) is 3.20. The lowest BCUT2D eigenvalue weighted by Gasteiger charge is -2.20. The summed E-state index contributed by atoms with van der Waals surface area (Å²) < 4.78 is 14.6. The highest BCUT2D eigenvalue weighted by Gasteiger charge is 2.22. The van der Waals surface area contributed by atoms with E-state index in [1.54, 1.807) is 4.57 Å². The zero-order valence-electron chi connectivity index (χ0n) is 14.5. The fraction of sp³-hybridized carbons (Fsp3) is 0.312. The van der Waals surface area contributed by atoms with Crippen LogP contribution in [0.4, 0.5) is 5.69 Å². The van der Waals surface area contributed by atoms with Crippen molar-refractivity contribution in [2.75, 3.05) is 6.79 Å². The topological polar surface area (TPSA) is 123 Å². The molecule has 4 rings (SSSR count). The van der Waals surface area contributed by atoms with E-state index in [0.717, 1.165) is 4.57 Å². The molecule has 1 aliphatic heterocycles. The first kappa shape index (κ1) is 17.0. The first-order chi connectivity index (χ1) is 12.9. The molecule has 3 aromatic rings. The molecular weight excluding hydrogens is 358 g/mol. The van der Waals surface area contributed by atoms with Crippen LogP contribution in [0.1, 0.15) is 11.1 Å². The van der Waals surface area contributed by atoms with Crippen molar-refractivity contribution in [2.24, 2.45) is 14.1 Å². The molecule has 27 heavy (non-hydrogen) atoms. The van der Waals surface area contributed by atoms with E-state index >= 15 is 0 Å². The van der Waals surface area contributed by atoms with E-state index < -0.39 is 16.2 Å². The third-order valence-corrected chi connectivity index (χ3v) is 4.54. The van der Waals surface area contributed by atoms with Crippen LogP contribution in [0.3, 0.4) is 0 Å². The van der Waals surface area contributed by atoms with Crippen molar-refractivity contribution < 1.29 is 14.4 Å². The van der Waals surface area contributed by atoms with Crippen LogP contribution >= 0.6 is 0 Å². The number of benzene rings is 1. The van der Waals surface area contributed by atoms with Gasteiger partial charge in [-0.2, -0.15) is 0 Å². The minimum absolute atomic E-state index is 0.0404. The van der Waals surface area contributed by atoms with Gasteiger partial charge in [-0.1, -0.05) is 0 Å². The van der Waals surface area contributed by atoms with Crippen LogP contribution in [0.2, 0.25) is 0 Å². The zero-order chi connectivity index (χ0) is 19.3. The number of nitrogens with zero attached hydrogens (tertiary/aromatic N) is 5. The van der Waals surface area contributed by atoms with Crippen molar-refractivity contribution in [1.82, 2.24) is 18.7 Å². The number of fused-ring (bicyclic) bond motifs is 2. The summed E-state index contributed by atoms with van der Waals surface area (Å²) in [6.45, 7) is 0.359. The second-order valence-corrected chi connectivity index (χ2v) is 6.21. The standard InChI is InChI=1S/C16H15N5O6/c1-18-14-12(15(22)19(2)16(18)23)20(7-17-14)5-9-3-11(21(24)25)4-10-6-26-8-27-13(9)10/h3-4,7H,5-6,8H2,1-2H3. The van der Waals surface area contributed by atoms with Crippen molar-refractivity contribution in [1.29, 1.82) is 0 Å². The maximum absolute atomic E-state index is 12.6. The monoisotopic (exact) mass is 373 g/mol. The molecule has 11 heteroatoms. The summed E-state index contributed by atoms with van der Waals surface area (Å²) in [6.07, 6.45) is 1.43. The van der Waals surface area contributed by atoms with Gasteiger partial charge < -0.3 is 14.0 Å². The van der Waals surface area contributed by atoms with Crippen LogP contribution in [0.5, 0.6) is 5.75 Å². The van der Waals surface area contributed by atoms with E-state index in [4.69, 9.17) is 9.47 Å². The Morgan fingerprint density at radius 2 is 2.04 bits per heavy atom. The number of nitro groups is 1. The third-order valence-electron chi connectivity index (χ3n) is 4.54. The van der Waals surface area contributed by atoms with Crippen LogP contribution in [0.15, 0.2) is 28.0 Å². The molecule has 11 nitrogen and oxygen atoms in total.